The van der Waals surface area contributed by atoms with Crippen molar-refractivity contribution in [1.29, 1.82) is 10.5 Å². The molecule has 3 aromatic rings. The van der Waals surface area contributed by atoms with Gasteiger partial charge in [0.25, 0.3) is 0 Å². The Morgan fingerprint density at radius 1 is 0.917 bits per heavy atom. The molecule has 0 aliphatic heterocycles. The Morgan fingerprint density at radius 3 is 2.17 bits per heavy atom. The van der Waals surface area contributed by atoms with Crippen LogP contribution in [0.4, 0.5) is 13.2 Å². The van der Waals surface area contributed by atoms with Crippen LogP contribution in [0.15, 0.2) is 72.8 Å². The van der Waals surface area contributed by atoms with Crippen molar-refractivity contribution in [3.63, 3.8) is 0 Å². The molecule has 0 saturated heterocycles. The predicted octanol–water partition coefficient (Wildman–Crippen LogP) is 7.83. The smallest absolute Gasteiger partial charge is 0.305 e. The number of benzene rings is 3. The van der Waals surface area contributed by atoms with Crippen molar-refractivity contribution in [3.05, 3.63) is 106 Å². The van der Waals surface area contributed by atoms with Gasteiger partial charge in [0.15, 0.2) is 0 Å². The molecule has 0 heterocycles. The number of nitriles is 2. The Kier molecular flexibility index (Phi) is 8.46. The van der Waals surface area contributed by atoms with Crippen LogP contribution in [0, 0.1) is 28.1 Å². The predicted molar refractivity (Wildman–Crippen MR) is 135 cm³/mol. The lowest BCUT2D eigenvalue weighted by Gasteiger charge is -2.36. The van der Waals surface area contributed by atoms with E-state index in [1.165, 1.54) is 6.07 Å². The molecule has 0 bridgehead atoms. The quantitative estimate of drug-likeness (QED) is 0.336. The maximum absolute atomic E-state index is 13.4. The van der Waals surface area contributed by atoms with E-state index in [1.54, 1.807) is 26.0 Å². The summed E-state index contributed by atoms with van der Waals surface area (Å²) < 4.78 is 40.3. The van der Waals surface area contributed by atoms with Gasteiger partial charge in [0.05, 0.1) is 34.7 Å². The molecule has 0 radical (unpaired) electrons. The maximum Gasteiger partial charge on any atom is 0.416 e. The van der Waals surface area contributed by atoms with Crippen molar-refractivity contribution in [2.45, 2.75) is 51.4 Å². The number of nitrogens with zero attached hydrogens (tertiary/aromatic N) is 2. The summed E-state index contributed by atoms with van der Waals surface area (Å²) in [7, 11) is 0. The van der Waals surface area contributed by atoms with Gasteiger partial charge < -0.3 is 5.32 Å². The van der Waals surface area contributed by atoms with Crippen LogP contribution in [0.3, 0.4) is 0 Å². The summed E-state index contributed by atoms with van der Waals surface area (Å²) in [5, 5.41) is 23.4. The van der Waals surface area contributed by atoms with Crippen LogP contribution in [0.5, 0.6) is 0 Å². The normalized spacial score (nSPS) is 14.4. The van der Waals surface area contributed by atoms with Crippen molar-refractivity contribution in [1.82, 2.24) is 5.32 Å². The van der Waals surface area contributed by atoms with E-state index in [4.69, 9.17) is 11.6 Å². The molecule has 3 aromatic carbocycles. The lowest BCUT2D eigenvalue weighted by atomic mass is 9.79. The molecule has 0 spiro atoms. The molecular formula is C29H27ClF3N3. The van der Waals surface area contributed by atoms with Gasteiger partial charge in [0.1, 0.15) is 0 Å². The number of halogens is 4. The molecule has 0 aromatic heterocycles. The SMILES string of the molecule is CC(N[C@@H](c1cccc(C(F)(F)F)c1)C(C)(C)C#N)C(Cc1ccc(Cl)cc1)c1cccc(C#N)c1. The summed E-state index contributed by atoms with van der Waals surface area (Å²) in [6.07, 6.45) is -3.89. The number of alkyl halides is 3. The van der Waals surface area contributed by atoms with Gasteiger partial charge in [-0.1, -0.05) is 48.0 Å². The number of rotatable bonds is 8. The van der Waals surface area contributed by atoms with Crippen LogP contribution in [0.25, 0.3) is 0 Å². The van der Waals surface area contributed by atoms with Gasteiger partial charge in [0.2, 0.25) is 0 Å². The first-order valence-electron chi connectivity index (χ1n) is 11.5. The summed E-state index contributed by atoms with van der Waals surface area (Å²) in [5.74, 6) is -0.137. The second kappa shape index (κ2) is 11.2. The highest BCUT2D eigenvalue weighted by Crippen LogP contribution is 2.38. The van der Waals surface area contributed by atoms with Crippen LogP contribution in [0.1, 0.15) is 60.5 Å². The van der Waals surface area contributed by atoms with E-state index in [1.807, 2.05) is 49.4 Å². The summed E-state index contributed by atoms with van der Waals surface area (Å²) in [6.45, 7) is 5.37. The van der Waals surface area contributed by atoms with Crippen LogP contribution >= 0.6 is 11.6 Å². The minimum absolute atomic E-state index is 0.137. The minimum Gasteiger partial charge on any atom is -0.305 e. The van der Waals surface area contributed by atoms with Gasteiger partial charge in [-0.15, -0.1) is 0 Å². The zero-order chi connectivity index (χ0) is 26.5. The molecule has 3 rings (SSSR count). The van der Waals surface area contributed by atoms with Gasteiger partial charge in [-0.05, 0) is 80.3 Å². The first-order chi connectivity index (χ1) is 16.9. The highest BCUT2D eigenvalue weighted by atomic mass is 35.5. The minimum atomic E-state index is -4.49. The fraction of sp³-hybridized carbons (Fsp3) is 0.310. The molecule has 3 nitrogen and oxygen atoms in total. The second-order valence-electron chi connectivity index (χ2n) is 9.52. The molecule has 36 heavy (non-hydrogen) atoms. The zero-order valence-electron chi connectivity index (χ0n) is 20.3. The average molecular weight is 510 g/mol. The summed E-state index contributed by atoms with van der Waals surface area (Å²) in [6, 6.07) is 23.4. The van der Waals surface area contributed by atoms with E-state index in [-0.39, 0.29) is 12.0 Å². The highest BCUT2D eigenvalue weighted by Gasteiger charge is 2.36. The Morgan fingerprint density at radius 2 is 1.56 bits per heavy atom. The van der Waals surface area contributed by atoms with Crippen molar-refractivity contribution in [2.24, 2.45) is 5.41 Å². The van der Waals surface area contributed by atoms with Crippen LogP contribution < -0.4 is 5.32 Å². The fourth-order valence-corrected chi connectivity index (χ4v) is 4.48. The molecule has 1 N–H and O–H groups in total. The van der Waals surface area contributed by atoms with Gasteiger partial charge in [-0.3, -0.25) is 0 Å². The van der Waals surface area contributed by atoms with Crippen molar-refractivity contribution in [3.8, 4) is 12.1 Å². The monoisotopic (exact) mass is 509 g/mol. The Bertz CT molecular complexity index is 1270. The largest absolute Gasteiger partial charge is 0.416 e. The maximum atomic E-state index is 13.4. The average Bonchev–Trinajstić information content (AvgIpc) is 2.86. The molecular weight excluding hydrogens is 483 g/mol. The fourth-order valence-electron chi connectivity index (χ4n) is 4.36. The van der Waals surface area contributed by atoms with E-state index in [0.29, 0.717) is 22.6 Å². The van der Waals surface area contributed by atoms with E-state index < -0.39 is 23.2 Å². The van der Waals surface area contributed by atoms with Crippen molar-refractivity contribution < 1.29 is 13.2 Å². The molecule has 7 heteroatoms. The van der Waals surface area contributed by atoms with E-state index in [0.717, 1.165) is 23.3 Å². The zero-order valence-corrected chi connectivity index (χ0v) is 21.0. The van der Waals surface area contributed by atoms with Crippen LogP contribution in [-0.4, -0.2) is 6.04 Å². The standard InChI is InChI=1S/C29H27ClF3N3/c1-19(36-27(28(2,3)18-35)23-8-5-9-24(16-23)29(31,32)33)26(15-20-10-12-25(30)13-11-20)22-7-4-6-21(14-22)17-34/h4-14,16,19,26-27,36H,15H2,1-3H3/t19?,26?,27-/m0/s1. The number of nitrogens with one attached hydrogen (secondary N) is 1. The molecule has 0 amide bonds. The summed E-state index contributed by atoms with van der Waals surface area (Å²) in [5.41, 5.74) is 1.09. The second-order valence-corrected chi connectivity index (χ2v) is 9.96. The Labute approximate surface area is 215 Å². The summed E-state index contributed by atoms with van der Waals surface area (Å²) in [4.78, 5) is 0. The third-order valence-corrected chi connectivity index (χ3v) is 6.65. The molecule has 0 fully saturated rings. The van der Waals surface area contributed by atoms with E-state index in [2.05, 4.69) is 17.5 Å². The van der Waals surface area contributed by atoms with Gasteiger partial charge in [-0.2, -0.15) is 23.7 Å². The third-order valence-electron chi connectivity index (χ3n) is 6.40. The number of hydrogen-bond donors (Lipinski definition) is 1. The van der Waals surface area contributed by atoms with Crippen LogP contribution in [-0.2, 0) is 12.6 Å². The number of hydrogen-bond acceptors (Lipinski definition) is 3. The molecule has 3 atom stereocenters. The Balaban J connectivity index is 2.02. The van der Waals surface area contributed by atoms with Gasteiger partial charge in [-0.25, -0.2) is 0 Å². The highest BCUT2D eigenvalue weighted by molar-refractivity contribution is 6.30. The molecule has 186 valence electrons. The lowest BCUT2D eigenvalue weighted by Crippen LogP contribution is -2.42. The molecule has 2 unspecified atom stereocenters. The molecule has 0 aliphatic rings. The van der Waals surface area contributed by atoms with Gasteiger partial charge >= 0.3 is 6.18 Å². The van der Waals surface area contributed by atoms with E-state index in [9.17, 15) is 23.7 Å². The molecule has 0 aliphatic carbocycles. The van der Waals surface area contributed by atoms with Gasteiger partial charge in [0, 0.05) is 17.0 Å². The topological polar surface area (TPSA) is 59.6 Å². The molecule has 0 saturated carbocycles. The lowest BCUT2D eigenvalue weighted by molar-refractivity contribution is -0.137. The summed E-state index contributed by atoms with van der Waals surface area (Å²) >= 11 is 6.06. The van der Waals surface area contributed by atoms with Crippen molar-refractivity contribution >= 4 is 11.6 Å². The first kappa shape index (κ1) is 27.3. The van der Waals surface area contributed by atoms with Crippen LogP contribution in [0.2, 0.25) is 5.02 Å². The third kappa shape index (κ3) is 6.66. The van der Waals surface area contributed by atoms with E-state index >= 15 is 0 Å². The Hall–Kier alpha value is -3.32. The first-order valence-corrected chi connectivity index (χ1v) is 11.9. The van der Waals surface area contributed by atoms with Crippen molar-refractivity contribution in [2.75, 3.05) is 0 Å².